The number of carbonyl (C=O) groups is 1. The number of aromatic nitrogens is 2. The second-order valence-electron chi connectivity index (χ2n) is 4.15. The van der Waals surface area contributed by atoms with Gasteiger partial charge in [-0.3, -0.25) is 9.48 Å². The van der Waals surface area contributed by atoms with Crippen LogP contribution in [0.5, 0.6) is 0 Å². The summed E-state index contributed by atoms with van der Waals surface area (Å²) in [6.45, 7) is 6.15. The van der Waals surface area contributed by atoms with Gasteiger partial charge in [-0.1, -0.05) is 0 Å². The van der Waals surface area contributed by atoms with Crippen LogP contribution in [0.2, 0.25) is 0 Å². The second-order valence-corrected chi connectivity index (χ2v) is 5.40. The summed E-state index contributed by atoms with van der Waals surface area (Å²) in [5.41, 5.74) is -0.183. The number of amides is 1. The molecule has 1 aromatic heterocycles. The zero-order chi connectivity index (χ0) is 10.8. The maximum absolute atomic E-state index is 11.5. The molecule has 0 atom stereocenters. The van der Waals surface area contributed by atoms with Crippen molar-refractivity contribution in [2.45, 2.75) is 32.9 Å². The Kier molecular flexibility index (Phi) is 3.52. The third-order valence-corrected chi connectivity index (χ3v) is 1.98. The lowest BCUT2D eigenvalue weighted by Crippen LogP contribution is -2.42. The van der Waals surface area contributed by atoms with Gasteiger partial charge in [0.25, 0.3) is 0 Å². The van der Waals surface area contributed by atoms with E-state index < -0.39 is 0 Å². The lowest BCUT2D eigenvalue weighted by molar-refractivity contribution is -0.123. The summed E-state index contributed by atoms with van der Waals surface area (Å²) < 4.78 is 2.66. The second kappa shape index (κ2) is 4.29. The molecule has 14 heavy (non-hydrogen) atoms. The van der Waals surface area contributed by atoms with Gasteiger partial charge in [-0.15, -0.1) is 0 Å². The van der Waals surface area contributed by atoms with E-state index in [4.69, 9.17) is 0 Å². The highest BCUT2D eigenvalue weighted by Crippen LogP contribution is 2.02. The summed E-state index contributed by atoms with van der Waals surface area (Å²) in [5, 5.41) is 6.91. The summed E-state index contributed by atoms with van der Waals surface area (Å²) >= 11 is 2.16. The van der Waals surface area contributed by atoms with Crippen molar-refractivity contribution in [1.29, 1.82) is 0 Å². The van der Waals surface area contributed by atoms with Gasteiger partial charge in [0.05, 0.1) is 9.77 Å². The van der Waals surface area contributed by atoms with Crippen molar-refractivity contribution in [1.82, 2.24) is 15.1 Å². The van der Waals surface area contributed by atoms with E-state index in [-0.39, 0.29) is 18.0 Å². The molecule has 0 aliphatic carbocycles. The molecule has 0 aliphatic heterocycles. The van der Waals surface area contributed by atoms with Crippen LogP contribution in [0.4, 0.5) is 0 Å². The Morgan fingerprint density at radius 3 is 2.71 bits per heavy atom. The molecule has 1 heterocycles. The van der Waals surface area contributed by atoms with Crippen LogP contribution >= 0.6 is 22.6 Å². The van der Waals surface area contributed by atoms with Gasteiger partial charge in [-0.2, -0.15) is 5.10 Å². The fourth-order valence-electron chi connectivity index (χ4n) is 1.03. The van der Waals surface area contributed by atoms with Crippen LogP contribution < -0.4 is 5.32 Å². The molecule has 1 rings (SSSR count). The lowest BCUT2D eigenvalue weighted by Gasteiger charge is -2.20. The minimum absolute atomic E-state index is 0.0167. The van der Waals surface area contributed by atoms with E-state index in [1.54, 1.807) is 10.9 Å². The van der Waals surface area contributed by atoms with Crippen molar-refractivity contribution in [3.8, 4) is 0 Å². The first-order valence-corrected chi connectivity index (χ1v) is 5.44. The van der Waals surface area contributed by atoms with Crippen LogP contribution in [0.1, 0.15) is 20.8 Å². The number of carbonyl (C=O) groups excluding carboxylic acids is 1. The van der Waals surface area contributed by atoms with Crippen molar-refractivity contribution >= 4 is 28.5 Å². The predicted molar refractivity (Wildman–Crippen MR) is 62.8 cm³/mol. The number of hydrogen-bond donors (Lipinski definition) is 1. The van der Waals surface area contributed by atoms with Crippen molar-refractivity contribution in [2.24, 2.45) is 0 Å². The van der Waals surface area contributed by atoms with Crippen LogP contribution in [0.25, 0.3) is 0 Å². The highest BCUT2D eigenvalue weighted by atomic mass is 127. The maximum atomic E-state index is 11.5. The average molecular weight is 307 g/mol. The SMILES string of the molecule is CC(C)(C)NC(=O)Cn1cc(I)cn1. The van der Waals surface area contributed by atoms with E-state index in [9.17, 15) is 4.79 Å². The minimum Gasteiger partial charge on any atom is -0.350 e. The Morgan fingerprint density at radius 2 is 2.29 bits per heavy atom. The van der Waals surface area contributed by atoms with Crippen LogP contribution in [0.3, 0.4) is 0 Å². The van der Waals surface area contributed by atoms with Gasteiger partial charge in [-0.25, -0.2) is 0 Å². The van der Waals surface area contributed by atoms with Crippen molar-refractivity contribution < 1.29 is 4.79 Å². The van der Waals surface area contributed by atoms with Gasteiger partial charge < -0.3 is 5.32 Å². The minimum atomic E-state index is -0.183. The van der Waals surface area contributed by atoms with E-state index in [2.05, 4.69) is 33.0 Å². The zero-order valence-electron chi connectivity index (χ0n) is 8.54. The molecule has 0 aliphatic rings. The van der Waals surface area contributed by atoms with Crippen molar-refractivity contribution in [3.05, 3.63) is 16.0 Å². The molecule has 78 valence electrons. The van der Waals surface area contributed by atoms with Gasteiger partial charge >= 0.3 is 0 Å². The molecule has 0 unspecified atom stereocenters. The largest absolute Gasteiger partial charge is 0.350 e. The normalized spacial score (nSPS) is 11.4. The Balaban J connectivity index is 2.50. The Hall–Kier alpha value is -0.590. The standard InChI is InChI=1S/C9H14IN3O/c1-9(2,3)12-8(14)6-13-5-7(10)4-11-13/h4-5H,6H2,1-3H3,(H,12,14). The Bertz CT molecular complexity index is 327. The van der Waals surface area contributed by atoms with Crippen LogP contribution in [-0.2, 0) is 11.3 Å². The average Bonchev–Trinajstić information content (AvgIpc) is 2.30. The van der Waals surface area contributed by atoms with Crippen LogP contribution in [0, 0.1) is 3.57 Å². The third-order valence-electron chi connectivity index (χ3n) is 1.42. The summed E-state index contributed by atoms with van der Waals surface area (Å²) in [6.07, 6.45) is 3.56. The smallest absolute Gasteiger partial charge is 0.242 e. The number of nitrogens with one attached hydrogen (secondary N) is 1. The molecule has 1 aromatic rings. The molecule has 0 bridgehead atoms. The molecular weight excluding hydrogens is 293 g/mol. The fourth-order valence-corrected chi connectivity index (χ4v) is 1.48. The van der Waals surface area contributed by atoms with E-state index in [0.717, 1.165) is 3.57 Å². The summed E-state index contributed by atoms with van der Waals surface area (Å²) in [5.74, 6) is -0.0167. The lowest BCUT2D eigenvalue weighted by atomic mass is 10.1. The van der Waals surface area contributed by atoms with Crippen molar-refractivity contribution in [3.63, 3.8) is 0 Å². The molecule has 0 fully saturated rings. The molecule has 1 amide bonds. The van der Waals surface area contributed by atoms with Gasteiger partial charge in [0.15, 0.2) is 0 Å². The zero-order valence-corrected chi connectivity index (χ0v) is 10.7. The number of halogens is 1. The monoisotopic (exact) mass is 307 g/mol. The van der Waals surface area contributed by atoms with E-state index in [1.807, 2.05) is 27.0 Å². The quantitative estimate of drug-likeness (QED) is 0.840. The molecule has 0 aromatic carbocycles. The van der Waals surface area contributed by atoms with Crippen molar-refractivity contribution in [2.75, 3.05) is 0 Å². The highest BCUT2D eigenvalue weighted by Gasteiger charge is 2.13. The fraction of sp³-hybridized carbons (Fsp3) is 0.556. The maximum Gasteiger partial charge on any atom is 0.242 e. The van der Waals surface area contributed by atoms with E-state index in [0.29, 0.717) is 0 Å². The van der Waals surface area contributed by atoms with Crippen LogP contribution in [-0.4, -0.2) is 21.2 Å². The number of rotatable bonds is 2. The molecule has 5 heteroatoms. The summed E-state index contributed by atoms with van der Waals surface area (Å²) in [7, 11) is 0. The van der Waals surface area contributed by atoms with Gasteiger partial charge in [0.1, 0.15) is 6.54 Å². The van der Waals surface area contributed by atoms with Gasteiger partial charge in [0, 0.05) is 11.7 Å². The highest BCUT2D eigenvalue weighted by molar-refractivity contribution is 14.1. The molecule has 4 nitrogen and oxygen atoms in total. The molecule has 1 N–H and O–H groups in total. The molecule has 0 radical (unpaired) electrons. The molecular formula is C9H14IN3O. The summed E-state index contributed by atoms with van der Waals surface area (Å²) in [4.78, 5) is 11.5. The first kappa shape index (κ1) is 11.5. The number of nitrogens with zero attached hydrogens (tertiary/aromatic N) is 2. The Labute approximate surface area is 97.2 Å². The van der Waals surface area contributed by atoms with E-state index in [1.165, 1.54) is 0 Å². The molecule has 0 saturated heterocycles. The number of hydrogen-bond acceptors (Lipinski definition) is 2. The molecule has 0 saturated carbocycles. The summed E-state index contributed by atoms with van der Waals surface area (Å²) in [6, 6.07) is 0. The van der Waals surface area contributed by atoms with E-state index >= 15 is 0 Å². The Morgan fingerprint density at radius 1 is 1.64 bits per heavy atom. The topological polar surface area (TPSA) is 46.9 Å². The first-order chi connectivity index (χ1) is 6.37. The molecule has 0 spiro atoms. The van der Waals surface area contributed by atoms with Gasteiger partial charge in [-0.05, 0) is 43.4 Å². The van der Waals surface area contributed by atoms with Gasteiger partial charge in [0.2, 0.25) is 5.91 Å². The first-order valence-electron chi connectivity index (χ1n) is 4.36. The predicted octanol–water partition coefficient (Wildman–Crippen LogP) is 1.40. The third kappa shape index (κ3) is 4.08. The van der Waals surface area contributed by atoms with Crippen LogP contribution in [0.15, 0.2) is 12.4 Å².